The summed E-state index contributed by atoms with van der Waals surface area (Å²) in [7, 11) is 0. The van der Waals surface area contributed by atoms with Crippen LogP contribution in [-0.2, 0) is 14.5 Å². The quantitative estimate of drug-likeness (QED) is 0.437. The van der Waals surface area contributed by atoms with E-state index in [-0.39, 0.29) is 17.7 Å². The van der Waals surface area contributed by atoms with Gasteiger partial charge in [-0.15, -0.1) is 11.6 Å². The molecule has 1 saturated heterocycles. The van der Waals surface area contributed by atoms with Crippen LogP contribution in [0.25, 0.3) is 0 Å². The molecule has 1 aliphatic heterocycles. The Balaban J connectivity index is 1.61. The minimum absolute atomic E-state index is 0.150. The zero-order valence-corrected chi connectivity index (χ0v) is 16.6. The van der Waals surface area contributed by atoms with Crippen LogP contribution in [0.2, 0.25) is 0 Å². The van der Waals surface area contributed by atoms with Crippen molar-refractivity contribution in [1.29, 1.82) is 0 Å². The van der Waals surface area contributed by atoms with E-state index in [4.69, 9.17) is 11.6 Å². The predicted octanol–water partition coefficient (Wildman–Crippen LogP) is 4.74. The zero-order valence-electron chi connectivity index (χ0n) is 15.8. The van der Waals surface area contributed by atoms with E-state index in [1.54, 1.807) is 0 Å². The first-order valence-electron chi connectivity index (χ1n) is 9.85. The molecule has 1 fully saturated rings. The Morgan fingerprint density at radius 1 is 0.793 bits per heavy atom. The number of amides is 2. The molecule has 0 unspecified atom stereocenters. The first kappa shape index (κ1) is 17.0. The van der Waals surface area contributed by atoms with Gasteiger partial charge in [0.2, 0.25) is 11.8 Å². The Hall–Kier alpha value is -2.91. The number of hydrogen-bond donors (Lipinski definition) is 0. The van der Waals surface area contributed by atoms with Gasteiger partial charge in [-0.3, -0.25) is 9.59 Å². The summed E-state index contributed by atoms with van der Waals surface area (Å²) < 4.78 is 0. The Morgan fingerprint density at radius 2 is 1.34 bits per heavy atom. The van der Waals surface area contributed by atoms with Crippen LogP contribution in [0.5, 0.6) is 0 Å². The summed E-state index contributed by atoms with van der Waals surface area (Å²) in [4.78, 5) is 27.6. The molecule has 4 heteroatoms. The number of halogens is 1. The molecule has 0 N–H and O–H groups in total. The molecule has 2 amide bonds. The minimum Gasteiger partial charge on any atom is -0.274 e. The van der Waals surface area contributed by atoms with Crippen LogP contribution in [-0.4, -0.2) is 11.8 Å². The van der Waals surface area contributed by atoms with Crippen molar-refractivity contribution in [3.63, 3.8) is 0 Å². The Kier molecular flexibility index (Phi) is 3.27. The van der Waals surface area contributed by atoms with Crippen molar-refractivity contribution in [2.24, 2.45) is 11.8 Å². The standard InChI is InChI=1S/C25H18ClNO2/c1-14-10-12-15(13-11-14)27-23(28)21-20-16-6-2-4-8-18(16)25(26,22(21)24(27)29)19-9-5-3-7-17(19)20/h2-13,20-22H,1H3/t20?,21-,22-,25?/m1/s1. The van der Waals surface area contributed by atoms with Crippen molar-refractivity contribution in [2.75, 3.05) is 4.90 Å². The molecule has 1 heterocycles. The van der Waals surface area contributed by atoms with Crippen LogP contribution >= 0.6 is 11.6 Å². The molecule has 3 aliphatic carbocycles. The van der Waals surface area contributed by atoms with Crippen LogP contribution in [0.1, 0.15) is 33.7 Å². The van der Waals surface area contributed by atoms with Gasteiger partial charge in [0.15, 0.2) is 0 Å². The van der Waals surface area contributed by atoms with Gasteiger partial charge < -0.3 is 0 Å². The van der Waals surface area contributed by atoms with E-state index >= 15 is 0 Å². The maximum atomic E-state index is 13.7. The number of hydrogen-bond acceptors (Lipinski definition) is 2. The Morgan fingerprint density at radius 3 is 1.93 bits per heavy atom. The average Bonchev–Trinajstić information content (AvgIpc) is 3.01. The molecule has 3 nitrogen and oxygen atoms in total. The number of rotatable bonds is 1. The van der Waals surface area contributed by atoms with Crippen LogP contribution in [0.3, 0.4) is 0 Å². The summed E-state index contributed by atoms with van der Waals surface area (Å²) in [6.07, 6.45) is 0. The van der Waals surface area contributed by atoms with E-state index in [0.717, 1.165) is 27.8 Å². The summed E-state index contributed by atoms with van der Waals surface area (Å²) in [5.74, 6) is -1.59. The van der Waals surface area contributed by atoms with Crippen LogP contribution in [0.15, 0.2) is 72.8 Å². The molecule has 0 aromatic heterocycles. The Labute approximate surface area is 173 Å². The van der Waals surface area contributed by atoms with Crippen molar-refractivity contribution in [1.82, 2.24) is 0 Å². The molecule has 2 bridgehead atoms. The summed E-state index contributed by atoms with van der Waals surface area (Å²) in [6.45, 7) is 1.98. The van der Waals surface area contributed by atoms with E-state index in [9.17, 15) is 9.59 Å². The van der Waals surface area contributed by atoms with Crippen LogP contribution < -0.4 is 4.90 Å². The monoisotopic (exact) mass is 399 g/mol. The van der Waals surface area contributed by atoms with E-state index in [2.05, 4.69) is 12.1 Å². The second-order valence-corrected chi connectivity index (χ2v) is 8.81. The molecule has 0 spiro atoms. The molecule has 2 atom stereocenters. The van der Waals surface area contributed by atoms with Crippen molar-refractivity contribution < 1.29 is 9.59 Å². The molecule has 3 aromatic carbocycles. The first-order valence-corrected chi connectivity index (χ1v) is 10.2. The maximum absolute atomic E-state index is 13.7. The molecule has 3 aromatic rings. The zero-order chi connectivity index (χ0) is 19.9. The average molecular weight is 400 g/mol. The number of nitrogens with zero attached hydrogens (tertiary/aromatic N) is 1. The predicted molar refractivity (Wildman–Crippen MR) is 112 cm³/mol. The van der Waals surface area contributed by atoms with E-state index in [1.807, 2.05) is 67.6 Å². The number of alkyl halides is 1. The molecule has 0 radical (unpaired) electrons. The van der Waals surface area contributed by atoms with Gasteiger partial charge in [0.05, 0.1) is 17.5 Å². The lowest BCUT2D eigenvalue weighted by Crippen LogP contribution is -2.50. The molecule has 29 heavy (non-hydrogen) atoms. The van der Waals surface area contributed by atoms with Crippen molar-refractivity contribution in [3.8, 4) is 0 Å². The number of anilines is 1. The normalized spacial score (nSPS) is 28.9. The van der Waals surface area contributed by atoms with Crippen molar-refractivity contribution in [2.45, 2.75) is 17.7 Å². The van der Waals surface area contributed by atoms with Crippen LogP contribution in [0.4, 0.5) is 5.69 Å². The third kappa shape index (κ3) is 1.94. The van der Waals surface area contributed by atoms with Gasteiger partial charge in [-0.05, 0) is 41.3 Å². The Bertz CT molecular complexity index is 1150. The summed E-state index contributed by atoms with van der Waals surface area (Å²) in [6, 6.07) is 23.5. The third-order valence-electron chi connectivity index (χ3n) is 6.81. The van der Waals surface area contributed by atoms with Gasteiger partial charge >= 0.3 is 0 Å². The summed E-state index contributed by atoms with van der Waals surface area (Å²) in [5.41, 5.74) is 5.74. The minimum atomic E-state index is -1.03. The van der Waals surface area contributed by atoms with Crippen molar-refractivity contribution in [3.05, 3.63) is 101 Å². The highest BCUT2D eigenvalue weighted by Gasteiger charge is 2.67. The molecule has 142 valence electrons. The lowest BCUT2D eigenvalue weighted by atomic mass is 9.54. The number of carbonyl (C=O) groups excluding carboxylic acids is 2. The van der Waals surface area contributed by atoms with Gasteiger partial charge in [0, 0.05) is 5.92 Å². The number of carbonyl (C=O) groups is 2. The number of benzene rings is 3. The van der Waals surface area contributed by atoms with E-state index in [1.165, 1.54) is 4.90 Å². The molecule has 4 aliphatic rings. The molecular formula is C25H18ClNO2. The second-order valence-electron chi connectivity index (χ2n) is 8.21. The molecule has 0 saturated carbocycles. The van der Waals surface area contributed by atoms with Gasteiger partial charge in [0.25, 0.3) is 0 Å². The highest BCUT2D eigenvalue weighted by Crippen LogP contribution is 2.65. The third-order valence-corrected chi connectivity index (χ3v) is 7.45. The van der Waals surface area contributed by atoms with Gasteiger partial charge in [-0.25, -0.2) is 4.90 Å². The summed E-state index contributed by atoms with van der Waals surface area (Å²) >= 11 is 7.40. The largest absolute Gasteiger partial charge is 0.274 e. The molecule has 7 rings (SSSR count). The van der Waals surface area contributed by atoms with Gasteiger partial charge in [0.1, 0.15) is 4.87 Å². The van der Waals surface area contributed by atoms with E-state index < -0.39 is 16.7 Å². The van der Waals surface area contributed by atoms with Crippen LogP contribution in [0, 0.1) is 18.8 Å². The summed E-state index contributed by atoms with van der Waals surface area (Å²) in [5, 5.41) is 0. The lowest BCUT2D eigenvalue weighted by molar-refractivity contribution is -0.122. The highest BCUT2D eigenvalue weighted by molar-refractivity contribution is 6.33. The number of aryl methyl sites for hydroxylation is 1. The topological polar surface area (TPSA) is 37.4 Å². The fourth-order valence-electron chi connectivity index (χ4n) is 5.63. The van der Waals surface area contributed by atoms with Gasteiger partial charge in [-0.1, -0.05) is 66.2 Å². The fraction of sp³-hybridized carbons (Fsp3) is 0.200. The SMILES string of the molecule is Cc1ccc(N2C(=O)[C@@H]3C4c5ccccc5C(Cl)(c5ccccc54)[C@H]3C2=O)cc1. The first-order chi connectivity index (χ1) is 14.0. The smallest absolute Gasteiger partial charge is 0.240 e. The van der Waals surface area contributed by atoms with Crippen molar-refractivity contribution >= 4 is 29.1 Å². The highest BCUT2D eigenvalue weighted by atomic mass is 35.5. The second kappa shape index (κ2) is 5.58. The van der Waals surface area contributed by atoms with Gasteiger partial charge in [-0.2, -0.15) is 0 Å². The van der Waals surface area contributed by atoms with E-state index in [0.29, 0.717) is 5.69 Å². The lowest BCUT2D eigenvalue weighted by Gasteiger charge is -2.50. The molecular weight excluding hydrogens is 382 g/mol. The number of imide groups is 1. The maximum Gasteiger partial charge on any atom is 0.240 e. The fourth-order valence-corrected chi connectivity index (χ4v) is 6.20.